The Bertz CT molecular complexity index is 582. The predicted octanol–water partition coefficient (Wildman–Crippen LogP) is 0.797. The van der Waals surface area contributed by atoms with Gasteiger partial charge in [-0.1, -0.05) is 31.5 Å². The van der Waals surface area contributed by atoms with Crippen LogP contribution in [-0.2, 0) is 14.8 Å². The Labute approximate surface area is 132 Å². The van der Waals surface area contributed by atoms with Crippen LogP contribution in [0.4, 0.5) is 0 Å². The first-order valence-corrected chi connectivity index (χ1v) is 8.72. The van der Waals surface area contributed by atoms with Gasteiger partial charge in [-0.2, -0.15) is 4.72 Å². The molecule has 0 bridgehead atoms. The number of hydrogen-bond donors (Lipinski definition) is 3. The van der Waals surface area contributed by atoms with Crippen molar-refractivity contribution in [3.63, 3.8) is 0 Å². The molecule has 124 valence electrons. The van der Waals surface area contributed by atoms with Crippen molar-refractivity contribution in [3.05, 3.63) is 29.8 Å². The summed E-state index contributed by atoms with van der Waals surface area (Å²) in [5.74, 6) is -0.288. The molecule has 0 heterocycles. The van der Waals surface area contributed by atoms with Gasteiger partial charge in [0, 0.05) is 6.54 Å². The van der Waals surface area contributed by atoms with Crippen molar-refractivity contribution in [3.8, 4) is 0 Å². The summed E-state index contributed by atoms with van der Waals surface area (Å²) in [5, 5.41) is 11.3. The minimum atomic E-state index is -3.77. The standard InChI is InChI=1S/C15H24N2O4S/c1-11(2)10-14(15(19)16-8-9-18)17-22(20,21)13-6-4-12(3)5-7-13/h4-7,11,14,17-18H,8-10H2,1-3H3,(H,16,19). The molecule has 0 aliphatic rings. The van der Waals surface area contributed by atoms with Gasteiger partial charge < -0.3 is 10.4 Å². The lowest BCUT2D eigenvalue weighted by Crippen LogP contribution is -2.47. The van der Waals surface area contributed by atoms with Gasteiger partial charge in [-0.15, -0.1) is 0 Å². The Kier molecular flexibility index (Phi) is 6.99. The van der Waals surface area contributed by atoms with Gasteiger partial charge in [-0.25, -0.2) is 8.42 Å². The van der Waals surface area contributed by atoms with Crippen LogP contribution in [-0.4, -0.2) is 38.6 Å². The van der Waals surface area contributed by atoms with Gasteiger partial charge in [-0.3, -0.25) is 4.79 Å². The highest BCUT2D eigenvalue weighted by Crippen LogP contribution is 2.13. The number of rotatable bonds is 8. The van der Waals surface area contributed by atoms with E-state index in [0.717, 1.165) is 5.56 Å². The molecule has 0 saturated carbocycles. The molecule has 0 aliphatic carbocycles. The Morgan fingerprint density at radius 3 is 2.32 bits per heavy atom. The second-order valence-electron chi connectivity index (χ2n) is 5.63. The average molecular weight is 328 g/mol. The number of nitrogens with one attached hydrogen (secondary N) is 2. The van der Waals surface area contributed by atoms with Gasteiger partial charge in [0.15, 0.2) is 0 Å². The highest BCUT2D eigenvalue weighted by atomic mass is 32.2. The lowest BCUT2D eigenvalue weighted by Gasteiger charge is -2.20. The molecule has 1 atom stereocenters. The van der Waals surface area contributed by atoms with Gasteiger partial charge in [0.25, 0.3) is 0 Å². The van der Waals surface area contributed by atoms with E-state index in [9.17, 15) is 13.2 Å². The molecule has 6 nitrogen and oxygen atoms in total. The summed E-state index contributed by atoms with van der Waals surface area (Å²) in [4.78, 5) is 12.2. The topological polar surface area (TPSA) is 95.5 Å². The molecule has 1 amide bonds. The molecular formula is C15H24N2O4S. The SMILES string of the molecule is Cc1ccc(S(=O)(=O)NC(CC(C)C)C(=O)NCCO)cc1. The number of hydrogen-bond acceptors (Lipinski definition) is 4. The summed E-state index contributed by atoms with van der Waals surface area (Å²) in [5.41, 5.74) is 0.957. The zero-order chi connectivity index (χ0) is 16.8. The van der Waals surface area contributed by atoms with Gasteiger partial charge in [-0.05, 0) is 31.4 Å². The highest BCUT2D eigenvalue weighted by Gasteiger charge is 2.26. The zero-order valence-corrected chi connectivity index (χ0v) is 14.0. The molecule has 0 radical (unpaired) electrons. The Morgan fingerprint density at radius 2 is 1.82 bits per heavy atom. The Morgan fingerprint density at radius 1 is 1.23 bits per heavy atom. The highest BCUT2D eigenvalue weighted by molar-refractivity contribution is 7.89. The van der Waals surface area contributed by atoms with Crippen LogP contribution in [0.15, 0.2) is 29.2 Å². The summed E-state index contributed by atoms with van der Waals surface area (Å²) < 4.78 is 27.2. The predicted molar refractivity (Wildman–Crippen MR) is 84.8 cm³/mol. The monoisotopic (exact) mass is 328 g/mol. The Balaban J connectivity index is 2.91. The van der Waals surface area contributed by atoms with Crippen LogP contribution in [0.1, 0.15) is 25.8 Å². The molecule has 1 aromatic carbocycles. The van der Waals surface area contributed by atoms with Crippen molar-refractivity contribution < 1.29 is 18.3 Å². The maximum absolute atomic E-state index is 12.4. The second-order valence-corrected chi connectivity index (χ2v) is 7.35. The van der Waals surface area contributed by atoms with Crippen LogP contribution in [0.5, 0.6) is 0 Å². The van der Waals surface area contributed by atoms with Crippen molar-refractivity contribution in [1.29, 1.82) is 0 Å². The van der Waals surface area contributed by atoms with Crippen LogP contribution in [0, 0.1) is 12.8 Å². The van der Waals surface area contributed by atoms with E-state index in [1.807, 2.05) is 20.8 Å². The summed E-state index contributed by atoms with van der Waals surface area (Å²) in [7, 11) is -3.77. The molecule has 0 aromatic heterocycles. The van der Waals surface area contributed by atoms with E-state index >= 15 is 0 Å². The average Bonchev–Trinajstić information content (AvgIpc) is 2.43. The van der Waals surface area contributed by atoms with Crippen molar-refractivity contribution in [2.24, 2.45) is 5.92 Å². The molecule has 0 aliphatic heterocycles. The van der Waals surface area contributed by atoms with Gasteiger partial charge in [0.1, 0.15) is 6.04 Å². The van der Waals surface area contributed by atoms with E-state index in [4.69, 9.17) is 5.11 Å². The van der Waals surface area contributed by atoms with E-state index in [1.165, 1.54) is 12.1 Å². The van der Waals surface area contributed by atoms with E-state index in [2.05, 4.69) is 10.0 Å². The fourth-order valence-corrected chi connectivity index (χ4v) is 3.16. The summed E-state index contributed by atoms with van der Waals surface area (Å²) in [6.07, 6.45) is 0.377. The third-order valence-electron chi connectivity index (χ3n) is 3.06. The van der Waals surface area contributed by atoms with Crippen molar-refractivity contribution in [2.75, 3.05) is 13.2 Å². The van der Waals surface area contributed by atoms with Crippen LogP contribution in [0.3, 0.4) is 0 Å². The third-order valence-corrected chi connectivity index (χ3v) is 4.55. The van der Waals surface area contributed by atoms with Crippen LogP contribution in [0.2, 0.25) is 0 Å². The minimum Gasteiger partial charge on any atom is -0.395 e. The molecule has 1 unspecified atom stereocenters. The molecule has 1 aromatic rings. The fourth-order valence-electron chi connectivity index (χ4n) is 1.96. The molecule has 7 heteroatoms. The van der Waals surface area contributed by atoms with Crippen molar-refractivity contribution in [1.82, 2.24) is 10.0 Å². The summed E-state index contributed by atoms with van der Waals surface area (Å²) in [6.45, 7) is 5.59. The van der Waals surface area contributed by atoms with E-state index in [1.54, 1.807) is 12.1 Å². The normalized spacial score (nSPS) is 13.1. The Hall–Kier alpha value is -1.44. The number of aryl methyl sites for hydroxylation is 1. The smallest absolute Gasteiger partial charge is 0.241 e. The summed E-state index contributed by atoms with van der Waals surface area (Å²) >= 11 is 0. The maximum Gasteiger partial charge on any atom is 0.241 e. The van der Waals surface area contributed by atoms with Crippen LogP contribution < -0.4 is 10.0 Å². The van der Waals surface area contributed by atoms with Crippen LogP contribution in [0.25, 0.3) is 0 Å². The first-order valence-electron chi connectivity index (χ1n) is 7.24. The molecule has 0 saturated heterocycles. The minimum absolute atomic E-state index is 0.0969. The molecule has 0 fully saturated rings. The maximum atomic E-state index is 12.4. The number of aliphatic hydroxyl groups excluding tert-OH is 1. The first kappa shape index (κ1) is 18.6. The van der Waals surface area contributed by atoms with Gasteiger partial charge in [0.2, 0.25) is 15.9 Å². The number of carbonyl (C=O) groups is 1. The largest absolute Gasteiger partial charge is 0.395 e. The van der Waals surface area contributed by atoms with Crippen LogP contribution >= 0.6 is 0 Å². The van der Waals surface area contributed by atoms with E-state index in [-0.39, 0.29) is 24.0 Å². The number of amides is 1. The van der Waals surface area contributed by atoms with Gasteiger partial charge >= 0.3 is 0 Å². The molecule has 3 N–H and O–H groups in total. The molecular weight excluding hydrogens is 304 g/mol. The van der Waals surface area contributed by atoms with Gasteiger partial charge in [0.05, 0.1) is 11.5 Å². The van der Waals surface area contributed by atoms with Crippen molar-refractivity contribution >= 4 is 15.9 Å². The lowest BCUT2D eigenvalue weighted by atomic mass is 10.0. The third kappa shape index (κ3) is 5.75. The number of sulfonamides is 1. The van der Waals surface area contributed by atoms with E-state index in [0.29, 0.717) is 6.42 Å². The summed E-state index contributed by atoms with van der Waals surface area (Å²) in [6, 6.07) is 5.57. The van der Waals surface area contributed by atoms with Crippen molar-refractivity contribution in [2.45, 2.75) is 38.1 Å². The molecule has 0 spiro atoms. The number of benzene rings is 1. The number of carbonyl (C=O) groups excluding carboxylic acids is 1. The second kappa shape index (κ2) is 8.26. The fraction of sp³-hybridized carbons (Fsp3) is 0.533. The zero-order valence-electron chi connectivity index (χ0n) is 13.2. The molecule has 1 rings (SSSR count). The quantitative estimate of drug-likeness (QED) is 0.658. The number of aliphatic hydroxyl groups is 1. The molecule has 22 heavy (non-hydrogen) atoms. The lowest BCUT2D eigenvalue weighted by molar-refractivity contribution is -0.123. The van der Waals surface area contributed by atoms with E-state index < -0.39 is 22.0 Å². The first-order chi connectivity index (χ1) is 10.3.